The minimum atomic E-state index is -0.650. The molecular weight excluding hydrogens is 340 g/mol. The Kier molecular flexibility index (Phi) is 7.18. The molecule has 0 radical (unpaired) electrons. The summed E-state index contributed by atoms with van der Waals surface area (Å²) in [6.45, 7) is 2.44. The van der Waals surface area contributed by atoms with Gasteiger partial charge in [0.2, 0.25) is 5.91 Å². The molecular formula is C14H19BrN2O4. The highest BCUT2D eigenvalue weighted by Crippen LogP contribution is 2.23. The van der Waals surface area contributed by atoms with E-state index in [2.05, 4.69) is 26.6 Å². The Hall–Kier alpha value is -1.60. The highest BCUT2D eigenvalue weighted by Gasteiger charge is 2.18. The molecule has 6 nitrogen and oxygen atoms in total. The number of carbonyl (C=O) groups excluding carboxylic acids is 2. The van der Waals surface area contributed by atoms with Crippen LogP contribution in [-0.4, -0.2) is 45.2 Å². The van der Waals surface area contributed by atoms with Gasteiger partial charge in [0.1, 0.15) is 11.8 Å². The van der Waals surface area contributed by atoms with Gasteiger partial charge in [-0.15, -0.1) is 0 Å². The molecule has 1 aromatic carbocycles. The molecule has 0 bridgehead atoms. The Balaban J connectivity index is 2.66. The maximum Gasteiger partial charge on any atom is 0.255 e. The zero-order valence-electron chi connectivity index (χ0n) is 12.2. The second-order valence-corrected chi connectivity index (χ2v) is 5.24. The van der Waals surface area contributed by atoms with E-state index in [1.165, 1.54) is 7.11 Å². The molecule has 1 unspecified atom stereocenters. The fourth-order valence-electron chi connectivity index (χ4n) is 1.62. The molecule has 0 aromatic heterocycles. The number of halogens is 1. The molecule has 0 spiro atoms. The van der Waals surface area contributed by atoms with E-state index in [9.17, 15) is 9.59 Å². The first-order valence-electron chi connectivity index (χ1n) is 6.40. The summed E-state index contributed by atoms with van der Waals surface area (Å²) < 4.78 is 10.8. The van der Waals surface area contributed by atoms with E-state index in [-0.39, 0.29) is 11.8 Å². The van der Waals surface area contributed by atoms with Crippen molar-refractivity contribution in [1.29, 1.82) is 0 Å². The van der Waals surface area contributed by atoms with Crippen molar-refractivity contribution in [3.05, 3.63) is 28.2 Å². The number of rotatable bonds is 7. The monoisotopic (exact) mass is 358 g/mol. The lowest BCUT2D eigenvalue weighted by molar-refractivity contribution is -0.122. The van der Waals surface area contributed by atoms with Crippen LogP contribution in [0.4, 0.5) is 0 Å². The number of carbonyl (C=O) groups is 2. The second-order valence-electron chi connectivity index (χ2n) is 4.32. The highest BCUT2D eigenvalue weighted by molar-refractivity contribution is 9.10. The number of methoxy groups -OCH3 is 2. The van der Waals surface area contributed by atoms with Crippen LogP contribution < -0.4 is 15.4 Å². The van der Waals surface area contributed by atoms with Gasteiger partial charge >= 0.3 is 0 Å². The third-order valence-electron chi connectivity index (χ3n) is 2.75. The van der Waals surface area contributed by atoms with Crippen molar-refractivity contribution in [2.24, 2.45) is 0 Å². The van der Waals surface area contributed by atoms with Crippen molar-refractivity contribution in [1.82, 2.24) is 10.6 Å². The van der Waals surface area contributed by atoms with Crippen molar-refractivity contribution < 1.29 is 19.1 Å². The summed E-state index contributed by atoms with van der Waals surface area (Å²) in [6, 6.07) is 4.41. The Morgan fingerprint density at radius 2 is 2.05 bits per heavy atom. The Labute approximate surface area is 132 Å². The lowest BCUT2D eigenvalue weighted by Gasteiger charge is -2.15. The topological polar surface area (TPSA) is 76.7 Å². The smallest absolute Gasteiger partial charge is 0.255 e. The lowest BCUT2D eigenvalue weighted by atomic mass is 10.1. The quantitative estimate of drug-likeness (QED) is 0.721. The van der Waals surface area contributed by atoms with Crippen LogP contribution in [0.1, 0.15) is 17.3 Å². The van der Waals surface area contributed by atoms with Gasteiger partial charge < -0.3 is 20.1 Å². The van der Waals surface area contributed by atoms with Crippen molar-refractivity contribution in [3.63, 3.8) is 0 Å². The Morgan fingerprint density at radius 1 is 1.33 bits per heavy atom. The fourth-order valence-corrected chi connectivity index (χ4v) is 1.96. The third-order valence-corrected chi connectivity index (χ3v) is 3.25. The maximum absolute atomic E-state index is 12.2. The first kappa shape index (κ1) is 17.5. The first-order valence-corrected chi connectivity index (χ1v) is 7.20. The van der Waals surface area contributed by atoms with E-state index < -0.39 is 6.04 Å². The molecule has 21 heavy (non-hydrogen) atoms. The summed E-state index contributed by atoms with van der Waals surface area (Å²) >= 11 is 3.31. The fraction of sp³-hybridized carbons (Fsp3) is 0.429. The van der Waals surface area contributed by atoms with Crippen molar-refractivity contribution in [2.45, 2.75) is 13.0 Å². The van der Waals surface area contributed by atoms with Crippen molar-refractivity contribution in [2.75, 3.05) is 27.4 Å². The van der Waals surface area contributed by atoms with Crippen LogP contribution >= 0.6 is 15.9 Å². The third kappa shape index (κ3) is 5.35. The number of ether oxygens (including phenoxy) is 2. The molecule has 0 saturated heterocycles. The summed E-state index contributed by atoms with van der Waals surface area (Å²) in [6.07, 6.45) is 0. The zero-order valence-corrected chi connectivity index (χ0v) is 13.8. The van der Waals surface area contributed by atoms with Crippen LogP contribution in [0.2, 0.25) is 0 Å². The van der Waals surface area contributed by atoms with Crippen LogP contribution in [0.3, 0.4) is 0 Å². The predicted molar refractivity (Wildman–Crippen MR) is 82.5 cm³/mol. The Morgan fingerprint density at radius 3 is 2.67 bits per heavy atom. The van der Waals surface area contributed by atoms with Gasteiger partial charge in [-0.2, -0.15) is 0 Å². The SMILES string of the molecule is COCCNC(=O)C(C)NC(=O)c1ccc(Br)cc1OC. The van der Waals surface area contributed by atoms with E-state index >= 15 is 0 Å². The summed E-state index contributed by atoms with van der Waals surface area (Å²) in [5, 5.41) is 5.29. The molecule has 7 heteroatoms. The van der Waals surface area contributed by atoms with Gasteiger partial charge in [0, 0.05) is 18.1 Å². The van der Waals surface area contributed by atoms with Crippen LogP contribution in [0.25, 0.3) is 0 Å². The van der Waals surface area contributed by atoms with E-state index in [4.69, 9.17) is 9.47 Å². The summed E-state index contributed by atoms with van der Waals surface area (Å²) in [5.74, 6) is -0.195. The van der Waals surface area contributed by atoms with E-state index in [1.54, 1.807) is 32.2 Å². The summed E-state index contributed by atoms with van der Waals surface area (Å²) in [4.78, 5) is 23.9. The standard InChI is InChI=1S/C14H19BrN2O4/c1-9(13(18)16-6-7-20-2)17-14(19)11-5-4-10(15)8-12(11)21-3/h4-5,8-9H,6-7H2,1-3H3,(H,16,18)(H,17,19). The maximum atomic E-state index is 12.2. The van der Waals surface area contributed by atoms with Gasteiger partial charge in [0.25, 0.3) is 5.91 Å². The molecule has 0 aliphatic rings. The van der Waals surface area contributed by atoms with Crippen molar-refractivity contribution >= 4 is 27.7 Å². The van der Waals surface area contributed by atoms with E-state index in [0.29, 0.717) is 24.5 Å². The van der Waals surface area contributed by atoms with Gasteiger partial charge in [-0.05, 0) is 25.1 Å². The zero-order chi connectivity index (χ0) is 15.8. The molecule has 0 heterocycles. The molecule has 1 rings (SSSR count). The minimum absolute atomic E-state index is 0.267. The van der Waals surface area contributed by atoms with Gasteiger partial charge in [-0.25, -0.2) is 0 Å². The molecule has 0 aliphatic carbocycles. The van der Waals surface area contributed by atoms with Crippen LogP contribution in [-0.2, 0) is 9.53 Å². The van der Waals surface area contributed by atoms with Gasteiger partial charge in [0.15, 0.2) is 0 Å². The molecule has 0 aliphatic heterocycles. The van der Waals surface area contributed by atoms with E-state index in [0.717, 1.165) is 4.47 Å². The Bertz CT molecular complexity index is 508. The average molecular weight is 359 g/mol. The number of hydrogen-bond acceptors (Lipinski definition) is 4. The van der Waals surface area contributed by atoms with E-state index in [1.807, 2.05) is 0 Å². The van der Waals surface area contributed by atoms with Crippen LogP contribution in [0, 0.1) is 0 Å². The molecule has 1 aromatic rings. The van der Waals surface area contributed by atoms with Crippen LogP contribution in [0.5, 0.6) is 5.75 Å². The number of benzene rings is 1. The van der Waals surface area contributed by atoms with Gasteiger partial charge in [0.05, 0.1) is 19.3 Å². The van der Waals surface area contributed by atoms with Gasteiger partial charge in [-0.3, -0.25) is 9.59 Å². The molecule has 116 valence electrons. The number of amides is 2. The van der Waals surface area contributed by atoms with Crippen LogP contribution in [0.15, 0.2) is 22.7 Å². The highest BCUT2D eigenvalue weighted by atomic mass is 79.9. The lowest BCUT2D eigenvalue weighted by Crippen LogP contribution is -2.45. The number of hydrogen-bond donors (Lipinski definition) is 2. The molecule has 1 atom stereocenters. The van der Waals surface area contributed by atoms with Gasteiger partial charge in [-0.1, -0.05) is 15.9 Å². The summed E-state index contributed by atoms with van der Waals surface area (Å²) in [7, 11) is 3.04. The summed E-state index contributed by atoms with van der Waals surface area (Å²) in [5.41, 5.74) is 0.372. The molecule has 0 fully saturated rings. The molecule has 0 saturated carbocycles. The largest absolute Gasteiger partial charge is 0.496 e. The first-order chi connectivity index (χ1) is 9.99. The predicted octanol–water partition coefficient (Wildman–Crippen LogP) is 1.34. The van der Waals surface area contributed by atoms with Crippen molar-refractivity contribution in [3.8, 4) is 5.75 Å². The minimum Gasteiger partial charge on any atom is -0.496 e. The molecule has 2 amide bonds. The second kappa shape index (κ2) is 8.63. The molecule has 2 N–H and O–H groups in total. The number of nitrogens with one attached hydrogen (secondary N) is 2. The average Bonchev–Trinajstić information content (AvgIpc) is 2.46. The normalized spacial score (nSPS) is 11.6.